The fourth-order valence-electron chi connectivity index (χ4n) is 2.40. The number of nitrogens with zero attached hydrogens (tertiary/aromatic N) is 1. The molecule has 0 spiro atoms. The topological polar surface area (TPSA) is 75.4 Å². The van der Waals surface area contributed by atoms with Crippen LogP contribution in [0.2, 0.25) is 0 Å². The van der Waals surface area contributed by atoms with Gasteiger partial charge in [-0.15, -0.1) is 0 Å². The lowest BCUT2D eigenvalue weighted by Crippen LogP contribution is -2.46. The molecule has 0 bridgehead atoms. The van der Waals surface area contributed by atoms with Crippen LogP contribution in [-0.2, 0) is 4.79 Å². The largest absolute Gasteiger partial charge is 0.368 e. The molecule has 20 heavy (non-hydrogen) atoms. The maximum atomic E-state index is 13.8. The van der Waals surface area contributed by atoms with Crippen molar-refractivity contribution in [2.75, 3.05) is 19.6 Å². The lowest BCUT2D eigenvalue weighted by Gasteiger charge is -2.27. The summed E-state index contributed by atoms with van der Waals surface area (Å²) in [5.41, 5.74) is 5.97. The van der Waals surface area contributed by atoms with Crippen LogP contribution in [0.25, 0.3) is 0 Å². The third-order valence-electron chi connectivity index (χ3n) is 3.41. The lowest BCUT2D eigenvalue weighted by atomic mass is 10.1. The third kappa shape index (κ3) is 3.14. The molecule has 108 valence electrons. The highest BCUT2D eigenvalue weighted by atomic mass is 19.1. The van der Waals surface area contributed by atoms with E-state index >= 15 is 0 Å². The zero-order chi connectivity index (χ0) is 14.7. The number of primary amides is 1. The fourth-order valence-corrected chi connectivity index (χ4v) is 2.40. The second-order valence-corrected chi connectivity index (χ2v) is 5.03. The Bertz CT molecular complexity index is 527. The molecule has 3 N–H and O–H groups in total. The predicted octanol–water partition coefficient (Wildman–Crippen LogP) is 0.424. The Morgan fingerprint density at radius 1 is 1.50 bits per heavy atom. The Morgan fingerprint density at radius 2 is 2.25 bits per heavy atom. The number of hydrogen-bond donors (Lipinski definition) is 2. The summed E-state index contributed by atoms with van der Waals surface area (Å²) in [4.78, 5) is 25.0. The van der Waals surface area contributed by atoms with Crippen LogP contribution in [0, 0.1) is 12.7 Å². The molecule has 1 atom stereocenters. The summed E-state index contributed by atoms with van der Waals surface area (Å²) in [5.74, 6) is -1.67. The quantitative estimate of drug-likeness (QED) is 0.839. The minimum atomic E-state index is -0.599. The first-order valence-electron chi connectivity index (χ1n) is 6.55. The van der Waals surface area contributed by atoms with Crippen LogP contribution in [0.3, 0.4) is 0 Å². The van der Waals surface area contributed by atoms with E-state index in [-0.39, 0.29) is 18.2 Å². The van der Waals surface area contributed by atoms with Crippen molar-refractivity contribution in [1.82, 2.24) is 10.2 Å². The zero-order valence-electron chi connectivity index (χ0n) is 11.4. The van der Waals surface area contributed by atoms with Crippen molar-refractivity contribution < 1.29 is 14.0 Å². The maximum Gasteiger partial charge on any atom is 0.257 e. The molecule has 0 saturated carbocycles. The van der Waals surface area contributed by atoms with Gasteiger partial charge in [0.15, 0.2) is 0 Å². The maximum absolute atomic E-state index is 13.8. The van der Waals surface area contributed by atoms with Crippen molar-refractivity contribution in [3.63, 3.8) is 0 Å². The van der Waals surface area contributed by atoms with E-state index in [0.717, 1.165) is 18.5 Å². The van der Waals surface area contributed by atoms with Crippen LogP contribution >= 0.6 is 0 Å². The highest BCUT2D eigenvalue weighted by Gasteiger charge is 2.29. The van der Waals surface area contributed by atoms with Gasteiger partial charge in [0.2, 0.25) is 5.91 Å². The second kappa shape index (κ2) is 6.00. The van der Waals surface area contributed by atoms with E-state index in [9.17, 15) is 14.0 Å². The van der Waals surface area contributed by atoms with E-state index in [1.807, 2.05) is 0 Å². The van der Waals surface area contributed by atoms with Crippen molar-refractivity contribution in [2.24, 2.45) is 5.73 Å². The highest BCUT2D eigenvalue weighted by Crippen LogP contribution is 2.17. The number of rotatable bonds is 4. The monoisotopic (exact) mass is 279 g/mol. The Hall–Kier alpha value is -1.95. The van der Waals surface area contributed by atoms with Gasteiger partial charge in [0.25, 0.3) is 5.91 Å². The highest BCUT2D eigenvalue weighted by molar-refractivity contribution is 5.97. The van der Waals surface area contributed by atoms with Crippen LogP contribution in [0.4, 0.5) is 4.39 Å². The first-order chi connectivity index (χ1) is 9.49. The number of hydrogen-bond acceptors (Lipinski definition) is 3. The van der Waals surface area contributed by atoms with E-state index in [1.165, 1.54) is 17.0 Å². The molecule has 5 nitrogen and oxygen atoms in total. The SMILES string of the molecule is Cc1ccc(F)c(C(=O)N(CC(N)=O)C2CCNC2)c1. The summed E-state index contributed by atoms with van der Waals surface area (Å²) in [5, 5.41) is 3.12. The number of halogens is 1. The summed E-state index contributed by atoms with van der Waals surface area (Å²) in [6.07, 6.45) is 0.729. The van der Waals surface area contributed by atoms with E-state index < -0.39 is 17.6 Å². The summed E-state index contributed by atoms with van der Waals surface area (Å²) in [6.45, 7) is 2.94. The first kappa shape index (κ1) is 14.5. The standard InChI is InChI=1S/C14H18FN3O2/c1-9-2-3-12(15)11(6-9)14(20)18(8-13(16)19)10-4-5-17-7-10/h2-3,6,10,17H,4-5,7-8H2,1H3,(H2,16,19). The molecule has 1 unspecified atom stereocenters. The summed E-state index contributed by atoms with van der Waals surface area (Å²) < 4.78 is 13.8. The molecular weight excluding hydrogens is 261 g/mol. The molecule has 1 aromatic rings. The van der Waals surface area contributed by atoms with Gasteiger partial charge in [0.05, 0.1) is 12.1 Å². The van der Waals surface area contributed by atoms with E-state index in [4.69, 9.17) is 5.73 Å². The second-order valence-electron chi connectivity index (χ2n) is 5.03. The number of amides is 2. The smallest absolute Gasteiger partial charge is 0.257 e. The van der Waals surface area contributed by atoms with Crippen molar-refractivity contribution in [1.29, 1.82) is 0 Å². The van der Waals surface area contributed by atoms with Gasteiger partial charge in [-0.1, -0.05) is 11.6 Å². The minimum absolute atomic E-state index is 0.0156. The molecule has 0 aromatic heterocycles. The van der Waals surface area contributed by atoms with Crippen molar-refractivity contribution in [3.8, 4) is 0 Å². The first-order valence-corrected chi connectivity index (χ1v) is 6.55. The molecule has 1 aliphatic heterocycles. The van der Waals surface area contributed by atoms with Gasteiger partial charge in [0, 0.05) is 12.6 Å². The van der Waals surface area contributed by atoms with Gasteiger partial charge < -0.3 is 16.0 Å². The number of aryl methyl sites for hydroxylation is 1. The number of nitrogens with one attached hydrogen (secondary N) is 1. The van der Waals surface area contributed by atoms with Crippen LogP contribution in [0.15, 0.2) is 18.2 Å². The zero-order valence-corrected chi connectivity index (χ0v) is 11.4. The third-order valence-corrected chi connectivity index (χ3v) is 3.41. The molecule has 1 aromatic carbocycles. The average Bonchev–Trinajstić information content (AvgIpc) is 2.91. The van der Waals surface area contributed by atoms with Gasteiger partial charge >= 0.3 is 0 Å². The summed E-state index contributed by atoms with van der Waals surface area (Å²) >= 11 is 0. The minimum Gasteiger partial charge on any atom is -0.368 e. The van der Waals surface area contributed by atoms with Gasteiger partial charge in [-0.05, 0) is 32.0 Å². The average molecular weight is 279 g/mol. The molecule has 2 rings (SSSR count). The Balaban J connectivity index is 2.29. The van der Waals surface area contributed by atoms with Gasteiger partial charge in [-0.2, -0.15) is 0 Å². The molecule has 0 aliphatic carbocycles. The van der Waals surface area contributed by atoms with Crippen LogP contribution in [0.5, 0.6) is 0 Å². The number of benzene rings is 1. The van der Waals surface area contributed by atoms with Crippen LogP contribution < -0.4 is 11.1 Å². The van der Waals surface area contributed by atoms with Crippen molar-refractivity contribution in [2.45, 2.75) is 19.4 Å². The molecule has 1 fully saturated rings. The Morgan fingerprint density at radius 3 is 2.85 bits per heavy atom. The van der Waals surface area contributed by atoms with E-state index in [0.29, 0.717) is 6.54 Å². The van der Waals surface area contributed by atoms with Crippen LogP contribution in [-0.4, -0.2) is 42.4 Å². The molecule has 1 aliphatic rings. The normalized spacial score (nSPS) is 18.0. The number of nitrogens with two attached hydrogens (primary N) is 1. The Kier molecular flexibility index (Phi) is 4.34. The van der Waals surface area contributed by atoms with E-state index in [2.05, 4.69) is 5.32 Å². The van der Waals surface area contributed by atoms with Crippen molar-refractivity contribution in [3.05, 3.63) is 35.1 Å². The Labute approximate surface area is 116 Å². The molecule has 6 heteroatoms. The molecule has 0 radical (unpaired) electrons. The molecular formula is C14H18FN3O2. The summed E-state index contributed by atoms with van der Waals surface area (Å²) in [7, 11) is 0. The fraction of sp³-hybridized carbons (Fsp3) is 0.429. The molecule has 2 amide bonds. The summed E-state index contributed by atoms with van der Waals surface area (Å²) in [6, 6.07) is 4.23. The van der Waals surface area contributed by atoms with E-state index in [1.54, 1.807) is 13.0 Å². The predicted molar refractivity (Wildman–Crippen MR) is 72.6 cm³/mol. The molecule has 1 heterocycles. The van der Waals surface area contributed by atoms with Gasteiger partial charge in [0.1, 0.15) is 5.82 Å². The van der Waals surface area contributed by atoms with Crippen LogP contribution in [0.1, 0.15) is 22.3 Å². The number of carbonyl (C=O) groups is 2. The van der Waals surface area contributed by atoms with Crippen molar-refractivity contribution >= 4 is 11.8 Å². The molecule has 1 saturated heterocycles. The number of carbonyl (C=O) groups excluding carboxylic acids is 2. The lowest BCUT2D eigenvalue weighted by molar-refractivity contribution is -0.119. The van der Waals surface area contributed by atoms with Gasteiger partial charge in [-0.3, -0.25) is 9.59 Å². The van der Waals surface area contributed by atoms with Gasteiger partial charge in [-0.25, -0.2) is 4.39 Å².